The average Bonchev–Trinajstić information content (AvgIpc) is 2.30. The lowest BCUT2D eigenvalue weighted by Gasteiger charge is -2.31. The van der Waals surface area contributed by atoms with Crippen LogP contribution in [0, 0.1) is 0 Å². The Labute approximate surface area is 79.4 Å². The SMILES string of the molecule is CC1OCCC1(N)CC(F)(F)C(F)F. The summed E-state index contributed by atoms with van der Waals surface area (Å²) in [6, 6.07) is 0. The molecule has 0 aromatic carbocycles. The number of alkyl halides is 4. The van der Waals surface area contributed by atoms with E-state index in [0.29, 0.717) is 0 Å². The quantitative estimate of drug-likeness (QED) is 0.728. The molecule has 0 aromatic heterocycles. The highest BCUT2D eigenvalue weighted by Crippen LogP contribution is 2.37. The molecule has 0 radical (unpaired) electrons. The monoisotopic (exact) mass is 215 g/mol. The molecule has 14 heavy (non-hydrogen) atoms. The van der Waals surface area contributed by atoms with Crippen LogP contribution in [0.15, 0.2) is 0 Å². The van der Waals surface area contributed by atoms with Gasteiger partial charge in [-0.05, 0) is 13.3 Å². The Bertz CT molecular complexity index is 212. The van der Waals surface area contributed by atoms with Crippen molar-refractivity contribution in [2.75, 3.05) is 6.61 Å². The second-order valence-electron chi connectivity index (χ2n) is 3.73. The van der Waals surface area contributed by atoms with Crippen molar-refractivity contribution in [2.45, 2.75) is 43.8 Å². The van der Waals surface area contributed by atoms with E-state index >= 15 is 0 Å². The van der Waals surface area contributed by atoms with Gasteiger partial charge in [-0.25, -0.2) is 17.6 Å². The van der Waals surface area contributed by atoms with Gasteiger partial charge in [0.1, 0.15) is 0 Å². The van der Waals surface area contributed by atoms with E-state index in [1.807, 2.05) is 0 Å². The molecular weight excluding hydrogens is 202 g/mol. The van der Waals surface area contributed by atoms with Crippen LogP contribution >= 0.6 is 0 Å². The van der Waals surface area contributed by atoms with Crippen LogP contribution in [0.1, 0.15) is 19.8 Å². The third-order valence-corrected chi connectivity index (χ3v) is 2.63. The number of hydrogen-bond acceptors (Lipinski definition) is 2. The van der Waals surface area contributed by atoms with Crippen LogP contribution in [0.2, 0.25) is 0 Å². The van der Waals surface area contributed by atoms with E-state index in [1.165, 1.54) is 6.92 Å². The molecule has 0 spiro atoms. The van der Waals surface area contributed by atoms with Crippen molar-refractivity contribution >= 4 is 0 Å². The van der Waals surface area contributed by atoms with Gasteiger partial charge in [-0.2, -0.15) is 0 Å². The molecule has 1 fully saturated rings. The fraction of sp³-hybridized carbons (Fsp3) is 1.00. The van der Waals surface area contributed by atoms with Crippen molar-refractivity contribution in [1.82, 2.24) is 0 Å². The van der Waals surface area contributed by atoms with Gasteiger partial charge in [0, 0.05) is 18.6 Å². The minimum absolute atomic E-state index is 0.191. The third kappa shape index (κ3) is 2.17. The topological polar surface area (TPSA) is 35.2 Å². The minimum Gasteiger partial charge on any atom is -0.377 e. The fourth-order valence-electron chi connectivity index (χ4n) is 1.54. The first kappa shape index (κ1) is 11.7. The molecule has 0 aromatic rings. The maximum absolute atomic E-state index is 12.7. The summed E-state index contributed by atoms with van der Waals surface area (Å²) < 4.78 is 54.3. The smallest absolute Gasteiger partial charge is 0.309 e. The fourth-order valence-corrected chi connectivity index (χ4v) is 1.54. The second-order valence-corrected chi connectivity index (χ2v) is 3.73. The highest BCUT2D eigenvalue weighted by molar-refractivity contribution is 4.98. The minimum atomic E-state index is -4.03. The van der Waals surface area contributed by atoms with Gasteiger partial charge in [-0.1, -0.05) is 0 Å². The van der Waals surface area contributed by atoms with Gasteiger partial charge in [0.2, 0.25) is 0 Å². The zero-order chi connectivity index (χ0) is 11.0. The van der Waals surface area contributed by atoms with E-state index in [-0.39, 0.29) is 13.0 Å². The number of ether oxygens (including phenoxy) is 1. The first-order valence-electron chi connectivity index (χ1n) is 4.34. The van der Waals surface area contributed by atoms with E-state index in [2.05, 4.69) is 0 Å². The molecule has 84 valence electrons. The summed E-state index contributed by atoms with van der Waals surface area (Å²) in [6.45, 7) is 1.77. The van der Waals surface area contributed by atoms with E-state index < -0.39 is 30.4 Å². The Balaban J connectivity index is 2.67. The number of hydrogen-bond donors (Lipinski definition) is 1. The maximum atomic E-state index is 12.7. The molecule has 1 heterocycles. The summed E-state index contributed by atoms with van der Waals surface area (Å²) in [6.07, 6.45) is -5.11. The van der Waals surface area contributed by atoms with Crippen molar-refractivity contribution in [2.24, 2.45) is 5.73 Å². The summed E-state index contributed by atoms with van der Waals surface area (Å²) in [5.74, 6) is -4.03. The predicted octanol–water partition coefficient (Wildman–Crippen LogP) is 1.78. The molecule has 1 rings (SSSR count). The number of nitrogens with two attached hydrogens (primary N) is 1. The van der Waals surface area contributed by atoms with Gasteiger partial charge in [0.05, 0.1) is 6.10 Å². The molecule has 0 amide bonds. The molecular formula is C8H13F4NO. The van der Waals surface area contributed by atoms with Crippen LogP contribution in [0.25, 0.3) is 0 Å². The molecule has 2 nitrogen and oxygen atoms in total. The van der Waals surface area contributed by atoms with E-state index in [9.17, 15) is 17.6 Å². The Morgan fingerprint density at radius 3 is 2.50 bits per heavy atom. The van der Waals surface area contributed by atoms with E-state index in [4.69, 9.17) is 10.5 Å². The zero-order valence-corrected chi connectivity index (χ0v) is 7.77. The van der Waals surface area contributed by atoms with Crippen LogP contribution in [-0.4, -0.2) is 30.6 Å². The van der Waals surface area contributed by atoms with Crippen molar-refractivity contribution in [3.63, 3.8) is 0 Å². The number of halogens is 4. The van der Waals surface area contributed by atoms with E-state index in [1.54, 1.807) is 0 Å². The third-order valence-electron chi connectivity index (χ3n) is 2.63. The molecule has 1 saturated heterocycles. The van der Waals surface area contributed by atoms with Crippen molar-refractivity contribution in [3.8, 4) is 0 Å². The first-order chi connectivity index (χ1) is 6.28. The van der Waals surface area contributed by atoms with Crippen LogP contribution in [0.3, 0.4) is 0 Å². The van der Waals surface area contributed by atoms with Gasteiger partial charge in [-0.15, -0.1) is 0 Å². The summed E-state index contributed by atoms with van der Waals surface area (Å²) in [5, 5.41) is 0. The normalized spacial score (nSPS) is 34.1. The molecule has 1 aliphatic rings. The van der Waals surface area contributed by atoms with Gasteiger partial charge in [0.15, 0.2) is 0 Å². The van der Waals surface area contributed by atoms with Crippen LogP contribution < -0.4 is 5.73 Å². The number of rotatable bonds is 3. The molecule has 0 saturated carbocycles. The van der Waals surface area contributed by atoms with Crippen LogP contribution in [0.4, 0.5) is 17.6 Å². The van der Waals surface area contributed by atoms with Gasteiger partial charge < -0.3 is 10.5 Å². The highest BCUT2D eigenvalue weighted by atomic mass is 19.3. The summed E-state index contributed by atoms with van der Waals surface area (Å²) >= 11 is 0. The summed E-state index contributed by atoms with van der Waals surface area (Å²) in [7, 11) is 0. The van der Waals surface area contributed by atoms with Crippen molar-refractivity contribution in [3.05, 3.63) is 0 Å². The Hall–Kier alpha value is -0.360. The standard InChI is InChI=1S/C8H13F4NO/c1-5-7(13,2-3-14-5)4-8(11,12)6(9)10/h5-6H,2-4,13H2,1H3. The lowest BCUT2D eigenvalue weighted by Crippen LogP contribution is -2.51. The molecule has 6 heteroatoms. The Morgan fingerprint density at radius 2 is 2.14 bits per heavy atom. The van der Waals surface area contributed by atoms with Gasteiger partial charge in [-0.3, -0.25) is 0 Å². The molecule has 2 unspecified atom stereocenters. The van der Waals surface area contributed by atoms with Crippen LogP contribution in [-0.2, 0) is 4.74 Å². The lowest BCUT2D eigenvalue weighted by molar-refractivity contribution is -0.146. The van der Waals surface area contributed by atoms with Gasteiger partial charge in [0.25, 0.3) is 0 Å². The van der Waals surface area contributed by atoms with Crippen LogP contribution in [0.5, 0.6) is 0 Å². The molecule has 2 atom stereocenters. The highest BCUT2D eigenvalue weighted by Gasteiger charge is 2.51. The molecule has 1 aliphatic heterocycles. The summed E-state index contributed by atoms with van der Waals surface area (Å²) in [5.41, 5.74) is 4.25. The van der Waals surface area contributed by atoms with E-state index in [0.717, 1.165) is 0 Å². The zero-order valence-electron chi connectivity index (χ0n) is 7.77. The van der Waals surface area contributed by atoms with Gasteiger partial charge >= 0.3 is 12.3 Å². The largest absolute Gasteiger partial charge is 0.377 e. The predicted molar refractivity (Wildman–Crippen MR) is 42.5 cm³/mol. The second kappa shape index (κ2) is 3.66. The molecule has 0 bridgehead atoms. The van der Waals surface area contributed by atoms with Crippen molar-refractivity contribution in [1.29, 1.82) is 0 Å². The summed E-state index contributed by atoms with van der Waals surface area (Å²) in [4.78, 5) is 0. The Kier molecular flexibility index (Phi) is 3.06. The first-order valence-corrected chi connectivity index (χ1v) is 4.34. The molecule has 2 N–H and O–H groups in total. The Morgan fingerprint density at radius 1 is 1.57 bits per heavy atom. The lowest BCUT2D eigenvalue weighted by atomic mass is 9.87. The van der Waals surface area contributed by atoms with Crippen molar-refractivity contribution < 1.29 is 22.3 Å². The molecule has 0 aliphatic carbocycles. The maximum Gasteiger partial charge on any atom is 0.309 e. The average molecular weight is 215 g/mol.